The highest BCUT2D eigenvalue weighted by Crippen LogP contribution is 2.12. The summed E-state index contributed by atoms with van der Waals surface area (Å²) < 4.78 is 0. The molecule has 0 saturated carbocycles. The van der Waals surface area contributed by atoms with Crippen molar-refractivity contribution in [1.82, 2.24) is 10.2 Å². The first-order chi connectivity index (χ1) is 11.1. The molecule has 1 N–H and O–H groups in total. The van der Waals surface area contributed by atoms with Crippen LogP contribution in [-0.4, -0.2) is 30.9 Å². The van der Waals surface area contributed by atoms with Crippen molar-refractivity contribution in [1.29, 1.82) is 0 Å². The second-order valence-corrected chi connectivity index (χ2v) is 5.82. The monoisotopic (exact) mass is 308 g/mol. The Morgan fingerprint density at radius 3 is 2.13 bits per heavy atom. The first kappa shape index (κ1) is 17.0. The molecule has 2 aromatic carbocycles. The summed E-state index contributed by atoms with van der Waals surface area (Å²) >= 11 is 0. The predicted molar refractivity (Wildman–Crippen MR) is 96.0 cm³/mol. The highest BCUT2D eigenvalue weighted by atomic mass is 16.2. The Morgan fingerprint density at radius 2 is 1.57 bits per heavy atom. The Hall–Kier alpha value is -2.39. The number of likely N-dealkylation sites (N-methyl/N-ethyl adjacent to an activating group) is 1. The topological polar surface area (TPSA) is 32.3 Å². The van der Waals surface area contributed by atoms with E-state index in [1.54, 1.807) is 0 Å². The highest BCUT2D eigenvalue weighted by Gasteiger charge is 2.19. The first-order valence-electron chi connectivity index (χ1n) is 7.83. The number of benzene rings is 2. The summed E-state index contributed by atoms with van der Waals surface area (Å²) in [7, 11) is 3.82. The molecule has 2 aromatic rings. The maximum atomic E-state index is 12.6. The standard InChI is InChI=1S/C20H24N2O/c1-16(18-12-8-5-9-13-18)21-20(23)19(22(2)3)15-14-17-10-6-4-7-11-17/h4-16,19H,1-3H3,(H,21,23)/b15-14+. The SMILES string of the molecule is CC(NC(=O)C(/C=C/c1ccccc1)N(C)C)c1ccccc1. The molecule has 0 aliphatic carbocycles. The smallest absolute Gasteiger partial charge is 0.241 e. The molecule has 2 unspecified atom stereocenters. The summed E-state index contributed by atoms with van der Waals surface area (Å²) in [6.45, 7) is 2.00. The van der Waals surface area contributed by atoms with Gasteiger partial charge in [-0.3, -0.25) is 9.69 Å². The lowest BCUT2D eigenvalue weighted by molar-refractivity contribution is -0.124. The maximum Gasteiger partial charge on any atom is 0.241 e. The first-order valence-corrected chi connectivity index (χ1v) is 7.83. The van der Waals surface area contributed by atoms with Crippen molar-refractivity contribution >= 4 is 12.0 Å². The van der Waals surface area contributed by atoms with Crippen LogP contribution in [-0.2, 0) is 4.79 Å². The Bertz CT molecular complexity index is 635. The van der Waals surface area contributed by atoms with Crippen LogP contribution in [0.4, 0.5) is 0 Å². The van der Waals surface area contributed by atoms with Gasteiger partial charge in [0.2, 0.25) is 5.91 Å². The molecule has 0 aliphatic heterocycles. The summed E-state index contributed by atoms with van der Waals surface area (Å²) in [5.41, 5.74) is 2.19. The van der Waals surface area contributed by atoms with Gasteiger partial charge in [0.05, 0.1) is 6.04 Å². The van der Waals surface area contributed by atoms with Crippen molar-refractivity contribution in [2.75, 3.05) is 14.1 Å². The average molecular weight is 308 g/mol. The van der Waals surface area contributed by atoms with E-state index in [4.69, 9.17) is 0 Å². The van der Waals surface area contributed by atoms with Crippen LogP contribution in [0, 0.1) is 0 Å². The van der Waals surface area contributed by atoms with Gasteiger partial charge in [-0.25, -0.2) is 0 Å². The minimum atomic E-state index is -0.304. The number of amides is 1. The van der Waals surface area contributed by atoms with Crippen LogP contribution in [0.2, 0.25) is 0 Å². The van der Waals surface area contributed by atoms with E-state index in [-0.39, 0.29) is 18.0 Å². The average Bonchev–Trinajstić information content (AvgIpc) is 2.56. The number of hydrogen-bond acceptors (Lipinski definition) is 2. The van der Waals surface area contributed by atoms with Crippen molar-refractivity contribution in [3.05, 3.63) is 77.9 Å². The third-order valence-corrected chi connectivity index (χ3v) is 3.75. The van der Waals surface area contributed by atoms with E-state index in [0.29, 0.717) is 0 Å². The van der Waals surface area contributed by atoms with Gasteiger partial charge in [-0.2, -0.15) is 0 Å². The van der Waals surface area contributed by atoms with E-state index in [1.165, 1.54) is 0 Å². The zero-order chi connectivity index (χ0) is 16.7. The molecule has 0 bridgehead atoms. The molecule has 0 radical (unpaired) electrons. The zero-order valence-electron chi connectivity index (χ0n) is 13.9. The lowest BCUT2D eigenvalue weighted by Gasteiger charge is -2.23. The number of rotatable bonds is 6. The van der Waals surface area contributed by atoms with Crippen LogP contribution in [0.5, 0.6) is 0 Å². The van der Waals surface area contributed by atoms with E-state index < -0.39 is 0 Å². The van der Waals surface area contributed by atoms with Gasteiger partial charge in [-0.1, -0.05) is 72.8 Å². The molecule has 23 heavy (non-hydrogen) atoms. The molecular formula is C20H24N2O. The Balaban J connectivity index is 2.05. The number of hydrogen-bond donors (Lipinski definition) is 1. The summed E-state index contributed by atoms with van der Waals surface area (Å²) in [6, 6.07) is 19.7. The normalized spacial score (nSPS) is 13.9. The molecule has 0 aliphatic rings. The summed E-state index contributed by atoms with van der Waals surface area (Å²) in [5, 5.41) is 3.08. The lowest BCUT2D eigenvalue weighted by Crippen LogP contribution is -2.43. The molecule has 1 amide bonds. The molecule has 0 aromatic heterocycles. The van der Waals surface area contributed by atoms with Gasteiger partial charge in [0.15, 0.2) is 0 Å². The fraction of sp³-hybridized carbons (Fsp3) is 0.250. The van der Waals surface area contributed by atoms with Gasteiger partial charge in [0.1, 0.15) is 6.04 Å². The molecule has 2 atom stereocenters. The number of nitrogens with zero attached hydrogens (tertiary/aromatic N) is 1. The molecule has 3 heteroatoms. The van der Waals surface area contributed by atoms with Crippen molar-refractivity contribution in [3.8, 4) is 0 Å². The third-order valence-electron chi connectivity index (χ3n) is 3.75. The van der Waals surface area contributed by atoms with Gasteiger partial charge in [0.25, 0.3) is 0 Å². The van der Waals surface area contributed by atoms with Crippen LogP contribution >= 0.6 is 0 Å². The van der Waals surface area contributed by atoms with E-state index in [9.17, 15) is 4.79 Å². The van der Waals surface area contributed by atoms with E-state index >= 15 is 0 Å². The second kappa shape index (κ2) is 8.30. The van der Waals surface area contributed by atoms with Crippen LogP contribution < -0.4 is 5.32 Å². The quantitative estimate of drug-likeness (QED) is 0.885. The minimum Gasteiger partial charge on any atom is -0.348 e. The largest absolute Gasteiger partial charge is 0.348 e. The maximum absolute atomic E-state index is 12.6. The summed E-state index contributed by atoms with van der Waals surface area (Å²) in [5.74, 6) is -0.00136. The highest BCUT2D eigenvalue weighted by molar-refractivity contribution is 5.85. The van der Waals surface area contributed by atoms with E-state index in [1.807, 2.05) is 98.7 Å². The zero-order valence-corrected chi connectivity index (χ0v) is 13.9. The molecular weight excluding hydrogens is 284 g/mol. The second-order valence-electron chi connectivity index (χ2n) is 5.82. The third kappa shape index (κ3) is 5.08. The van der Waals surface area contributed by atoms with Crippen molar-refractivity contribution < 1.29 is 4.79 Å². The van der Waals surface area contributed by atoms with Gasteiger partial charge in [0, 0.05) is 0 Å². The molecule has 120 valence electrons. The van der Waals surface area contributed by atoms with Gasteiger partial charge in [-0.05, 0) is 32.1 Å². The van der Waals surface area contributed by atoms with Gasteiger partial charge < -0.3 is 5.32 Å². The summed E-state index contributed by atoms with van der Waals surface area (Å²) in [6.07, 6.45) is 3.92. The predicted octanol–water partition coefficient (Wildman–Crippen LogP) is 3.51. The van der Waals surface area contributed by atoms with Crippen LogP contribution in [0.15, 0.2) is 66.7 Å². The van der Waals surface area contributed by atoms with Crippen LogP contribution in [0.25, 0.3) is 6.08 Å². The fourth-order valence-electron chi connectivity index (χ4n) is 2.38. The summed E-state index contributed by atoms with van der Waals surface area (Å²) in [4.78, 5) is 14.5. The lowest BCUT2D eigenvalue weighted by atomic mass is 10.1. The minimum absolute atomic E-state index is 0.00136. The molecule has 0 saturated heterocycles. The van der Waals surface area contributed by atoms with Crippen molar-refractivity contribution in [2.45, 2.75) is 19.0 Å². The molecule has 0 heterocycles. The van der Waals surface area contributed by atoms with Crippen molar-refractivity contribution in [2.24, 2.45) is 0 Å². The van der Waals surface area contributed by atoms with Gasteiger partial charge >= 0.3 is 0 Å². The molecule has 2 rings (SSSR count). The van der Waals surface area contributed by atoms with Crippen LogP contribution in [0.3, 0.4) is 0 Å². The fourth-order valence-corrected chi connectivity index (χ4v) is 2.38. The van der Waals surface area contributed by atoms with Crippen LogP contribution in [0.1, 0.15) is 24.1 Å². The molecule has 3 nitrogen and oxygen atoms in total. The van der Waals surface area contributed by atoms with Gasteiger partial charge in [-0.15, -0.1) is 0 Å². The number of carbonyl (C=O) groups excluding carboxylic acids is 1. The number of carbonyl (C=O) groups is 1. The Kier molecular flexibility index (Phi) is 6.12. The number of nitrogens with one attached hydrogen (secondary N) is 1. The van der Waals surface area contributed by atoms with E-state index in [2.05, 4.69) is 5.32 Å². The molecule has 0 fully saturated rings. The molecule has 0 spiro atoms. The Labute approximate surface area is 138 Å². The Morgan fingerprint density at radius 1 is 1.00 bits per heavy atom. The van der Waals surface area contributed by atoms with Crippen molar-refractivity contribution in [3.63, 3.8) is 0 Å². The van der Waals surface area contributed by atoms with E-state index in [0.717, 1.165) is 11.1 Å².